The van der Waals surface area contributed by atoms with Crippen LogP contribution in [-0.4, -0.2) is 20.2 Å². The minimum atomic E-state index is 0.676. The molecule has 3 aromatic rings. The van der Waals surface area contributed by atoms with Crippen LogP contribution in [-0.2, 0) is 6.42 Å². The van der Waals surface area contributed by atoms with Gasteiger partial charge in [-0.1, -0.05) is 12.1 Å². The van der Waals surface area contributed by atoms with Gasteiger partial charge in [0.2, 0.25) is 5.78 Å². The van der Waals surface area contributed by atoms with Crippen molar-refractivity contribution in [1.29, 1.82) is 0 Å². The molecule has 0 amide bonds. The molecule has 0 radical (unpaired) electrons. The number of nitrogens with two attached hydrogens (primary N) is 1. The van der Waals surface area contributed by atoms with Gasteiger partial charge >= 0.3 is 0 Å². The fourth-order valence-corrected chi connectivity index (χ4v) is 2.35. The van der Waals surface area contributed by atoms with Crippen LogP contribution in [0.15, 0.2) is 48.0 Å². The van der Waals surface area contributed by atoms with E-state index in [0.29, 0.717) is 11.6 Å². The summed E-state index contributed by atoms with van der Waals surface area (Å²) < 4.78 is 1.90. The second-order valence-electron chi connectivity index (χ2n) is 4.60. The molecule has 1 aliphatic heterocycles. The first-order valence-electron chi connectivity index (χ1n) is 6.05. The first-order chi connectivity index (χ1) is 9.29. The van der Waals surface area contributed by atoms with Gasteiger partial charge in [-0.15, -0.1) is 0 Å². The van der Waals surface area contributed by atoms with Gasteiger partial charge < -0.3 is 5.73 Å². The average molecular weight is 249 g/mol. The lowest BCUT2D eigenvalue weighted by Crippen LogP contribution is -2.09. The van der Waals surface area contributed by atoms with E-state index in [2.05, 4.69) is 33.2 Å². The van der Waals surface area contributed by atoms with Crippen LogP contribution in [0, 0.1) is 0 Å². The third-order valence-electron chi connectivity index (χ3n) is 3.30. The third-order valence-corrected chi connectivity index (χ3v) is 3.30. The van der Waals surface area contributed by atoms with Crippen molar-refractivity contribution in [3.63, 3.8) is 0 Å². The number of benzene rings is 1. The molecule has 0 saturated carbocycles. The normalized spacial score (nSPS) is 13.6. The predicted octanol–water partition coefficient (Wildman–Crippen LogP) is 1.94. The Morgan fingerprint density at radius 2 is 2.11 bits per heavy atom. The molecule has 0 fully saturated rings. The number of hydrogen-bond acceptors (Lipinski definition) is 4. The molecule has 1 aromatic carbocycles. The quantitative estimate of drug-likeness (QED) is 0.716. The van der Waals surface area contributed by atoms with Gasteiger partial charge in [0.05, 0.1) is 5.69 Å². The Morgan fingerprint density at radius 3 is 3.05 bits per heavy atom. The fourth-order valence-electron chi connectivity index (χ4n) is 2.35. The lowest BCUT2D eigenvalue weighted by molar-refractivity contribution is 1.11. The van der Waals surface area contributed by atoms with Crippen LogP contribution < -0.4 is 5.73 Å². The van der Waals surface area contributed by atoms with Gasteiger partial charge in [-0.2, -0.15) is 0 Å². The Hall–Kier alpha value is -2.69. The number of aliphatic imine (C=N–C) groups is 1. The van der Waals surface area contributed by atoms with E-state index in [1.165, 1.54) is 5.56 Å². The van der Waals surface area contributed by atoms with Crippen molar-refractivity contribution in [3.05, 3.63) is 48.5 Å². The van der Waals surface area contributed by atoms with Crippen LogP contribution in [0.4, 0.5) is 5.69 Å². The van der Waals surface area contributed by atoms with E-state index >= 15 is 0 Å². The van der Waals surface area contributed by atoms with Gasteiger partial charge in [-0.3, -0.25) is 4.40 Å². The van der Waals surface area contributed by atoms with Gasteiger partial charge in [-0.25, -0.2) is 15.0 Å². The van der Waals surface area contributed by atoms with Crippen LogP contribution in [0.25, 0.3) is 16.9 Å². The van der Waals surface area contributed by atoms with Crippen molar-refractivity contribution >= 4 is 17.3 Å². The summed E-state index contributed by atoms with van der Waals surface area (Å²) in [4.78, 5) is 12.8. The van der Waals surface area contributed by atoms with Crippen molar-refractivity contribution in [2.24, 2.45) is 10.7 Å². The first-order valence-corrected chi connectivity index (χ1v) is 6.05. The molecule has 92 valence electrons. The molecule has 4 rings (SSSR count). The number of rotatable bonds is 1. The summed E-state index contributed by atoms with van der Waals surface area (Å²) in [6.45, 7) is 0. The molecule has 1 aliphatic rings. The maximum absolute atomic E-state index is 5.76. The standard InChI is InChI=1S/C14H11N5/c15-13-6-10-2-1-9(5-12(10)18-13)11-7-17-14-16-3-4-19(14)8-11/h1-5,7-8H,6H2,(H2,15,18). The molecular weight excluding hydrogens is 238 g/mol. The van der Waals surface area contributed by atoms with Gasteiger partial charge in [0.1, 0.15) is 5.84 Å². The molecule has 0 spiro atoms. The fraction of sp³-hybridized carbons (Fsp3) is 0.0714. The van der Waals surface area contributed by atoms with Crippen LogP contribution in [0.5, 0.6) is 0 Å². The molecule has 0 aliphatic carbocycles. The second kappa shape index (κ2) is 3.65. The number of aromatic nitrogens is 3. The van der Waals surface area contributed by atoms with Crippen LogP contribution in [0.3, 0.4) is 0 Å². The van der Waals surface area contributed by atoms with Gasteiger partial charge in [0.15, 0.2) is 0 Å². The molecule has 19 heavy (non-hydrogen) atoms. The van der Waals surface area contributed by atoms with Crippen LogP contribution >= 0.6 is 0 Å². The largest absolute Gasteiger partial charge is 0.387 e. The molecule has 0 saturated heterocycles. The Kier molecular flexibility index (Phi) is 1.97. The molecule has 5 nitrogen and oxygen atoms in total. The zero-order chi connectivity index (χ0) is 12.8. The van der Waals surface area contributed by atoms with E-state index in [-0.39, 0.29) is 0 Å². The molecule has 5 heteroatoms. The Bertz CT molecular complexity index is 816. The summed E-state index contributed by atoms with van der Waals surface area (Å²) in [5.41, 5.74) is 10.0. The number of imidazole rings is 1. The monoisotopic (exact) mass is 249 g/mol. The smallest absolute Gasteiger partial charge is 0.233 e. The van der Waals surface area contributed by atoms with Crippen molar-refractivity contribution in [2.75, 3.05) is 0 Å². The highest BCUT2D eigenvalue weighted by Crippen LogP contribution is 2.30. The summed E-state index contributed by atoms with van der Waals surface area (Å²) in [6.07, 6.45) is 8.20. The number of hydrogen-bond donors (Lipinski definition) is 1. The summed E-state index contributed by atoms with van der Waals surface area (Å²) in [7, 11) is 0. The van der Waals surface area contributed by atoms with E-state index in [4.69, 9.17) is 5.73 Å². The SMILES string of the molecule is NC1=Nc2cc(-c3cnc4nccn4c3)ccc2C1. The predicted molar refractivity (Wildman–Crippen MR) is 73.4 cm³/mol. The minimum Gasteiger partial charge on any atom is -0.387 e. The van der Waals surface area contributed by atoms with Gasteiger partial charge in [0, 0.05) is 36.8 Å². The van der Waals surface area contributed by atoms with Crippen molar-refractivity contribution < 1.29 is 0 Å². The lowest BCUT2D eigenvalue weighted by atomic mass is 10.0. The second-order valence-corrected chi connectivity index (χ2v) is 4.60. The van der Waals surface area contributed by atoms with E-state index in [0.717, 1.165) is 23.2 Å². The van der Waals surface area contributed by atoms with Gasteiger partial charge in [0.25, 0.3) is 0 Å². The van der Waals surface area contributed by atoms with Crippen LogP contribution in [0.1, 0.15) is 5.56 Å². The molecule has 0 bridgehead atoms. The van der Waals surface area contributed by atoms with Crippen molar-refractivity contribution in [1.82, 2.24) is 14.4 Å². The topological polar surface area (TPSA) is 68.6 Å². The zero-order valence-corrected chi connectivity index (χ0v) is 10.1. The molecular formula is C14H11N5. The van der Waals surface area contributed by atoms with Crippen LogP contribution in [0.2, 0.25) is 0 Å². The maximum Gasteiger partial charge on any atom is 0.233 e. The summed E-state index contributed by atoms with van der Waals surface area (Å²) >= 11 is 0. The van der Waals surface area contributed by atoms with E-state index in [1.54, 1.807) is 6.20 Å². The zero-order valence-electron chi connectivity index (χ0n) is 10.1. The number of fused-ring (bicyclic) bond motifs is 2. The minimum absolute atomic E-state index is 0.676. The first kappa shape index (κ1) is 10.3. The molecule has 3 heterocycles. The van der Waals surface area contributed by atoms with E-state index < -0.39 is 0 Å². The number of nitrogens with zero attached hydrogens (tertiary/aromatic N) is 4. The summed E-state index contributed by atoms with van der Waals surface area (Å²) in [5.74, 6) is 1.38. The van der Waals surface area contributed by atoms with Crippen molar-refractivity contribution in [2.45, 2.75) is 6.42 Å². The molecule has 0 unspecified atom stereocenters. The number of amidine groups is 1. The highest BCUT2D eigenvalue weighted by Gasteiger charge is 2.13. The molecule has 2 N–H and O–H groups in total. The highest BCUT2D eigenvalue weighted by atomic mass is 15.1. The maximum atomic E-state index is 5.76. The molecule has 2 aromatic heterocycles. The Morgan fingerprint density at radius 1 is 1.16 bits per heavy atom. The summed E-state index contributed by atoms with van der Waals surface area (Å²) in [6, 6.07) is 6.20. The summed E-state index contributed by atoms with van der Waals surface area (Å²) in [5, 5.41) is 0. The highest BCUT2D eigenvalue weighted by molar-refractivity contribution is 5.91. The lowest BCUT2D eigenvalue weighted by Gasteiger charge is -2.04. The van der Waals surface area contributed by atoms with Gasteiger partial charge in [-0.05, 0) is 17.2 Å². The average Bonchev–Trinajstić information content (AvgIpc) is 3.01. The Balaban J connectivity index is 1.85. The van der Waals surface area contributed by atoms with E-state index in [9.17, 15) is 0 Å². The molecule has 0 atom stereocenters. The van der Waals surface area contributed by atoms with E-state index in [1.807, 2.05) is 23.0 Å². The Labute approximate surface area is 109 Å². The van der Waals surface area contributed by atoms with Crippen molar-refractivity contribution in [3.8, 4) is 11.1 Å². The third kappa shape index (κ3) is 1.59.